The van der Waals surface area contributed by atoms with Crippen LogP contribution in [0.25, 0.3) is 0 Å². The molecule has 19 heavy (non-hydrogen) atoms. The fourth-order valence-corrected chi connectivity index (χ4v) is 1.38. The summed E-state index contributed by atoms with van der Waals surface area (Å²) in [6, 6.07) is 5.48. The van der Waals surface area contributed by atoms with E-state index in [1.807, 2.05) is 13.8 Å². The van der Waals surface area contributed by atoms with Crippen molar-refractivity contribution in [3.05, 3.63) is 35.4 Å². The largest absolute Gasteiger partial charge is 0.478 e. The van der Waals surface area contributed by atoms with Crippen LogP contribution in [0.15, 0.2) is 24.3 Å². The van der Waals surface area contributed by atoms with Gasteiger partial charge in [0.05, 0.1) is 11.1 Å². The minimum atomic E-state index is -1.23. The third-order valence-corrected chi connectivity index (χ3v) is 3.46. The summed E-state index contributed by atoms with van der Waals surface area (Å²) in [6.45, 7) is 3.98. The predicted molar refractivity (Wildman–Crippen MR) is 69.7 cm³/mol. The van der Waals surface area contributed by atoms with Gasteiger partial charge in [-0.05, 0) is 12.1 Å². The molecule has 6 heteroatoms. The molecule has 0 saturated heterocycles. The summed E-state index contributed by atoms with van der Waals surface area (Å²) in [7, 11) is 0. The predicted octanol–water partition coefficient (Wildman–Crippen LogP) is 3.44. The maximum Gasteiger partial charge on any atom is 0.336 e. The Balaban J connectivity index is 0.000000399. The molecule has 2 N–H and O–H groups in total. The van der Waals surface area contributed by atoms with Crippen molar-refractivity contribution in [1.82, 2.24) is 0 Å². The van der Waals surface area contributed by atoms with Gasteiger partial charge in [-0.15, -0.1) is 0 Å². The maximum atomic E-state index is 10.5. The SMILES string of the molecule is CCC(Cl)[CH](C)[Cu].O=C(O)c1ccccc1C(=O)O. The molecule has 0 spiro atoms. The zero-order valence-corrected chi connectivity index (χ0v) is 12.3. The van der Waals surface area contributed by atoms with Gasteiger partial charge in [0.15, 0.2) is 0 Å². The van der Waals surface area contributed by atoms with Gasteiger partial charge in [0.25, 0.3) is 0 Å². The Labute approximate surface area is 125 Å². The average molecular weight is 335 g/mol. The van der Waals surface area contributed by atoms with Crippen molar-refractivity contribution in [2.24, 2.45) is 0 Å². The summed E-state index contributed by atoms with van der Waals surface area (Å²) in [5, 5.41) is 17.3. The van der Waals surface area contributed by atoms with Crippen molar-refractivity contribution in [1.29, 1.82) is 0 Å². The first-order valence-corrected chi connectivity index (χ1v) is 6.58. The molecule has 0 radical (unpaired) electrons. The number of rotatable bonds is 4. The van der Waals surface area contributed by atoms with Crippen LogP contribution in [0.3, 0.4) is 0 Å². The van der Waals surface area contributed by atoms with Gasteiger partial charge < -0.3 is 10.2 Å². The van der Waals surface area contributed by atoms with E-state index in [-0.39, 0.29) is 21.3 Å². The van der Waals surface area contributed by atoms with Crippen molar-refractivity contribution in [3.63, 3.8) is 0 Å². The number of carbonyl (C=O) groups is 2. The van der Waals surface area contributed by atoms with Crippen molar-refractivity contribution in [3.8, 4) is 0 Å². The van der Waals surface area contributed by atoms with Crippen LogP contribution in [-0.2, 0) is 16.0 Å². The smallest absolute Gasteiger partial charge is 0.336 e. The van der Waals surface area contributed by atoms with Gasteiger partial charge in [0.1, 0.15) is 0 Å². The van der Waals surface area contributed by atoms with Gasteiger partial charge in [0, 0.05) is 0 Å². The van der Waals surface area contributed by atoms with Gasteiger partial charge in [0.2, 0.25) is 0 Å². The quantitative estimate of drug-likeness (QED) is 0.653. The van der Waals surface area contributed by atoms with E-state index >= 15 is 0 Å². The summed E-state index contributed by atoms with van der Waals surface area (Å²) < 4.78 is 0. The van der Waals surface area contributed by atoms with Gasteiger partial charge in [-0.1, -0.05) is 12.1 Å². The number of hydrogen-bond acceptors (Lipinski definition) is 2. The second-order valence-electron chi connectivity index (χ2n) is 3.69. The van der Waals surface area contributed by atoms with Gasteiger partial charge >= 0.3 is 70.0 Å². The molecule has 110 valence electrons. The van der Waals surface area contributed by atoms with Gasteiger partial charge in [-0.25, -0.2) is 9.59 Å². The molecule has 1 rings (SSSR count). The molecule has 0 aliphatic rings. The van der Waals surface area contributed by atoms with E-state index in [9.17, 15) is 9.59 Å². The third kappa shape index (κ3) is 6.62. The van der Waals surface area contributed by atoms with Gasteiger partial charge in [-0.3, -0.25) is 0 Å². The molecule has 0 aliphatic heterocycles. The number of hydrogen-bond donors (Lipinski definition) is 2. The summed E-state index contributed by atoms with van der Waals surface area (Å²) >= 11 is 10.7. The van der Waals surface area contributed by atoms with Crippen LogP contribution < -0.4 is 0 Å². The van der Waals surface area contributed by atoms with Crippen LogP contribution in [0.4, 0.5) is 0 Å². The fraction of sp³-hybridized carbons (Fsp3) is 0.385. The first-order valence-electron chi connectivity index (χ1n) is 5.60. The van der Waals surface area contributed by atoms with Crippen molar-refractivity contribution in [2.45, 2.75) is 30.5 Å². The Bertz CT molecular complexity index is 401. The fourth-order valence-electron chi connectivity index (χ4n) is 1.16. The van der Waals surface area contributed by atoms with E-state index in [1.54, 1.807) is 0 Å². The zero-order valence-electron chi connectivity index (χ0n) is 10.6. The molecular formula is C13H16ClCuO4. The second-order valence-corrected chi connectivity index (χ2v) is 5.11. The molecule has 0 bridgehead atoms. The van der Waals surface area contributed by atoms with E-state index < -0.39 is 11.9 Å². The summed E-state index contributed by atoms with van der Waals surface area (Å²) in [6.07, 6.45) is 0.973. The minimum Gasteiger partial charge on any atom is -0.478 e. The van der Waals surface area contributed by atoms with Crippen molar-refractivity contribution >= 4 is 23.5 Å². The second kappa shape index (κ2) is 8.97. The number of alkyl halides is 1. The molecule has 0 amide bonds. The number of carboxylic acids is 2. The molecule has 4 nitrogen and oxygen atoms in total. The van der Waals surface area contributed by atoms with E-state index in [2.05, 4.69) is 0 Å². The Kier molecular flexibility index (Phi) is 8.48. The first-order chi connectivity index (χ1) is 8.81. The molecule has 0 aromatic heterocycles. The Morgan fingerprint density at radius 1 is 1.21 bits per heavy atom. The van der Waals surface area contributed by atoms with Gasteiger partial charge in [-0.2, -0.15) is 0 Å². The monoisotopic (exact) mass is 334 g/mol. The topological polar surface area (TPSA) is 74.6 Å². The minimum absolute atomic E-state index is 0.181. The molecule has 0 fully saturated rings. The Morgan fingerprint density at radius 3 is 1.74 bits per heavy atom. The molecule has 2 unspecified atom stereocenters. The van der Waals surface area contributed by atoms with Crippen LogP contribution in [-0.4, -0.2) is 27.5 Å². The van der Waals surface area contributed by atoms with Crippen LogP contribution in [0.5, 0.6) is 0 Å². The van der Waals surface area contributed by atoms with E-state index in [4.69, 9.17) is 37.8 Å². The van der Waals surface area contributed by atoms with E-state index in [0.29, 0.717) is 0 Å². The van der Waals surface area contributed by atoms with Crippen LogP contribution >= 0.6 is 11.6 Å². The summed E-state index contributed by atoms with van der Waals surface area (Å²) in [5.41, 5.74) is -0.380. The standard InChI is InChI=1S/C8H6O4.C5H10Cl.Cu/c9-7(10)5-3-1-2-4-6(5)8(11)12;1-3-5(6)4-2;/h1-4H,(H,9,10)(H,11,12);3,5H,4H2,1-2H3;. The molecule has 2 atom stereocenters. The van der Waals surface area contributed by atoms with Crippen LogP contribution in [0.1, 0.15) is 41.0 Å². The molecule has 0 heterocycles. The number of carboxylic acid groups (broad SMARTS) is 2. The van der Waals surface area contributed by atoms with Crippen LogP contribution in [0, 0.1) is 0 Å². The Morgan fingerprint density at radius 2 is 1.58 bits per heavy atom. The molecule has 1 aromatic rings. The number of aromatic carboxylic acids is 2. The van der Waals surface area contributed by atoms with Crippen molar-refractivity contribution < 1.29 is 35.8 Å². The van der Waals surface area contributed by atoms with Crippen molar-refractivity contribution in [2.75, 3.05) is 0 Å². The zero-order chi connectivity index (χ0) is 15.0. The Hall–Kier alpha value is -1.03. The normalized spacial score (nSPS) is 12.9. The average Bonchev–Trinajstić information content (AvgIpc) is 2.38. The number of halogens is 1. The summed E-state index contributed by atoms with van der Waals surface area (Å²) in [4.78, 5) is 21.1. The van der Waals surface area contributed by atoms with E-state index in [0.717, 1.165) is 6.42 Å². The molecule has 0 aliphatic carbocycles. The van der Waals surface area contributed by atoms with E-state index in [1.165, 1.54) is 24.3 Å². The number of benzene rings is 1. The summed E-state index contributed by atoms with van der Waals surface area (Å²) in [5.74, 6) is -2.46. The maximum absolute atomic E-state index is 10.5. The molecular weight excluding hydrogens is 319 g/mol. The van der Waals surface area contributed by atoms with Crippen LogP contribution in [0.2, 0.25) is 4.82 Å². The first kappa shape index (κ1) is 18.0. The third-order valence-electron chi connectivity index (χ3n) is 2.25. The molecule has 0 saturated carbocycles. The molecule has 1 aromatic carbocycles.